The number of pyridine rings is 1. The van der Waals surface area contributed by atoms with Gasteiger partial charge in [0.1, 0.15) is 4.88 Å². The summed E-state index contributed by atoms with van der Waals surface area (Å²) in [5, 5.41) is 13.7. The van der Waals surface area contributed by atoms with Gasteiger partial charge in [-0.15, -0.1) is 11.8 Å². The Morgan fingerprint density at radius 3 is 2.54 bits per heavy atom. The Morgan fingerprint density at radius 2 is 1.93 bits per heavy atom. The molecule has 2 heterocycles. The summed E-state index contributed by atoms with van der Waals surface area (Å²) in [6, 6.07) is 3.92. The summed E-state index contributed by atoms with van der Waals surface area (Å²) in [7, 11) is 0. The van der Waals surface area contributed by atoms with E-state index in [0.29, 0.717) is 16.7 Å². The predicted octanol–water partition coefficient (Wildman–Crippen LogP) is 4.70. The van der Waals surface area contributed by atoms with Gasteiger partial charge in [0.05, 0.1) is 11.2 Å². The molecule has 2 aromatic heterocycles. The molecule has 2 N–H and O–H groups in total. The quantitative estimate of drug-likeness (QED) is 0.637. The van der Waals surface area contributed by atoms with Crippen molar-refractivity contribution in [1.29, 1.82) is 0 Å². The highest BCUT2D eigenvalue weighted by atomic mass is 32.2. The first-order valence-corrected chi connectivity index (χ1v) is 11.1. The van der Waals surface area contributed by atoms with Crippen LogP contribution in [0.15, 0.2) is 35.6 Å². The molecule has 0 spiro atoms. The van der Waals surface area contributed by atoms with Crippen LogP contribution >= 0.6 is 23.1 Å². The number of nitrogens with zero attached hydrogens (tertiary/aromatic N) is 2. The highest BCUT2D eigenvalue weighted by Gasteiger charge is 2.24. The van der Waals surface area contributed by atoms with Crippen LogP contribution in [-0.4, -0.2) is 32.2 Å². The normalized spacial score (nSPS) is 17.6. The molecule has 2 fully saturated rings. The SMILES string of the molecule is O=C(Nc1ncc(C(=O)O)s1)/C(=C\C1CCCC1)c1ccc(SC2CC2)nc1. The molecule has 0 atom stereocenters. The van der Waals surface area contributed by atoms with Gasteiger partial charge >= 0.3 is 5.97 Å². The second-order valence-corrected chi connectivity index (χ2v) is 9.47. The second kappa shape index (κ2) is 8.45. The maximum atomic E-state index is 13.0. The zero-order valence-corrected chi connectivity index (χ0v) is 16.9. The van der Waals surface area contributed by atoms with Crippen molar-refractivity contribution in [3.05, 3.63) is 41.0 Å². The summed E-state index contributed by atoms with van der Waals surface area (Å²) >= 11 is 2.74. The van der Waals surface area contributed by atoms with Crippen molar-refractivity contribution in [2.75, 3.05) is 5.32 Å². The molecule has 0 unspecified atom stereocenters. The van der Waals surface area contributed by atoms with Crippen molar-refractivity contribution >= 4 is 45.7 Å². The lowest BCUT2D eigenvalue weighted by Gasteiger charge is -2.11. The van der Waals surface area contributed by atoms with E-state index in [1.54, 1.807) is 18.0 Å². The number of amides is 1. The second-order valence-electron chi connectivity index (χ2n) is 7.12. The first kappa shape index (κ1) is 19.1. The Balaban J connectivity index is 1.55. The predicted molar refractivity (Wildman–Crippen MR) is 111 cm³/mol. The molecule has 1 amide bonds. The average Bonchev–Trinajstić information content (AvgIpc) is 3.15. The Hall–Kier alpha value is -2.19. The summed E-state index contributed by atoms with van der Waals surface area (Å²) < 4.78 is 0. The van der Waals surface area contributed by atoms with Crippen LogP contribution in [0.4, 0.5) is 5.13 Å². The Morgan fingerprint density at radius 1 is 1.14 bits per heavy atom. The van der Waals surface area contributed by atoms with E-state index in [0.717, 1.165) is 34.8 Å². The minimum atomic E-state index is -1.05. The molecule has 2 aromatic rings. The minimum Gasteiger partial charge on any atom is -0.477 e. The molecule has 6 nitrogen and oxygen atoms in total. The molecule has 2 aliphatic carbocycles. The molecule has 28 heavy (non-hydrogen) atoms. The van der Waals surface area contributed by atoms with Crippen LogP contribution in [0.1, 0.15) is 53.8 Å². The number of allylic oxidation sites excluding steroid dienone is 1. The maximum Gasteiger partial charge on any atom is 0.347 e. The van der Waals surface area contributed by atoms with E-state index in [1.165, 1.54) is 31.9 Å². The van der Waals surface area contributed by atoms with Gasteiger partial charge in [-0.1, -0.05) is 30.3 Å². The number of thioether (sulfide) groups is 1. The van der Waals surface area contributed by atoms with Crippen LogP contribution < -0.4 is 5.32 Å². The number of anilines is 1. The topological polar surface area (TPSA) is 92.2 Å². The lowest BCUT2D eigenvalue weighted by molar-refractivity contribution is -0.111. The highest BCUT2D eigenvalue weighted by Crippen LogP contribution is 2.38. The molecule has 146 valence electrons. The third kappa shape index (κ3) is 4.80. The fourth-order valence-electron chi connectivity index (χ4n) is 3.22. The van der Waals surface area contributed by atoms with Crippen LogP contribution in [0.25, 0.3) is 5.57 Å². The van der Waals surface area contributed by atoms with Crippen LogP contribution in [-0.2, 0) is 4.79 Å². The molecular formula is C20H21N3O3S2. The molecule has 0 saturated heterocycles. The van der Waals surface area contributed by atoms with Crippen molar-refractivity contribution in [2.24, 2.45) is 5.92 Å². The number of hydrogen-bond acceptors (Lipinski definition) is 6. The Labute approximate surface area is 171 Å². The maximum absolute atomic E-state index is 13.0. The smallest absolute Gasteiger partial charge is 0.347 e. The van der Waals surface area contributed by atoms with Gasteiger partial charge in [-0.2, -0.15) is 0 Å². The zero-order chi connectivity index (χ0) is 19.5. The van der Waals surface area contributed by atoms with Crippen LogP contribution in [0.3, 0.4) is 0 Å². The molecule has 0 bridgehead atoms. The number of thiazole rings is 1. The minimum absolute atomic E-state index is 0.0970. The first-order chi connectivity index (χ1) is 13.6. The average molecular weight is 416 g/mol. The van der Waals surface area contributed by atoms with E-state index in [2.05, 4.69) is 15.3 Å². The summed E-state index contributed by atoms with van der Waals surface area (Å²) in [4.78, 5) is 32.6. The number of carbonyl (C=O) groups is 2. The third-order valence-corrected chi connectivity index (χ3v) is 7.03. The first-order valence-electron chi connectivity index (χ1n) is 9.44. The number of hydrogen-bond donors (Lipinski definition) is 2. The number of carboxylic acids is 1. The summed E-state index contributed by atoms with van der Waals surface area (Å²) in [6.45, 7) is 0. The summed E-state index contributed by atoms with van der Waals surface area (Å²) in [5.41, 5.74) is 1.36. The molecule has 4 rings (SSSR count). The number of aromatic nitrogens is 2. The molecule has 8 heteroatoms. The molecule has 0 aliphatic heterocycles. The van der Waals surface area contributed by atoms with Crippen LogP contribution in [0.5, 0.6) is 0 Å². The van der Waals surface area contributed by atoms with Gasteiger partial charge in [-0.25, -0.2) is 14.8 Å². The van der Waals surface area contributed by atoms with E-state index >= 15 is 0 Å². The molecular weight excluding hydrogens is 394 g/mol. The molecule has 2 aliphatic rings. The third-order valence-electron chi connectivity index (χ3n) is 4.84. The number of carbonyl (C=O) groups excluding carboxylic acids is 1. The lowest BCUT2D eigenvalue weighted by atomic mass is 9.99. The Kier molecular flexibility index (Phi) is 5.77. The van der Waals surface area contributed by atoms with Crippen LogP contribution in [0.2, 0.25) is 0 Å². The van der Waals surface area contributed by atoms with Gasteiger partial charge < -0.3 is 5.11 Å². The molecule has 2 saturated carbocycles. The van der Waals surface area contributed by atoms with E-state index < -0.39 is 5.97 Å². The number of carboxylic acid groups (broad SMARTS) is 1. The van der Waals surface area contributed by atoms with Gasteiger partial charge in [0.25, 0.3) is 5.91 Å². The van der Waals surface area contributed by atoms with Gasteiger partial charge in [-0.3, -0.25) is 10.1 Å². The number of rotatable bonds is 7. The largest absolute Gasteiger partial charge is 0.477 e. The van der Waals surface area contributed by atoms with Gasteiger partial charge in [0, 0.05) is 22.6 Å². The van der Waals surface area contributed by atoms with E-state index in [1.807, 2.05) is 18.2 Å². The van der Waals surface area contributed by atoms with E-state index in [-0.39, 0.29) is 15.9 Å². The standard InChI is InChI=1S/C20H21N3O3S2/c24-18(23-20-22-11-16(28-20)19(25)26)15(9-12-3-1-2-4-12)13-5-8-17(21-10-13)27-14-6-7-14/h5,8-12,14H,1-4,6-7H2,(H,25,26)(H,22,23,24)/b15-9-. The zero-order valence-electron chi connectivity index (χ0n) is 15.3. The van der Waals surface area contributed by atoms with Crippen LogP contribution in [0, 0.1) is 5.92 Å². The van der Waals surface area contributed by atoms with Crippen molar-refractivity contribution in [1.82, 2.24) is 9.97 Å². The van der Waals surface area contributed by atoms with E-state index in [9.17, 15) is 9.59 Å². The van der Waals surface area contributed by atoms with Crippen molar-refractivity contribution in [3.63, 3.8) is 0 Å². The van der Waals surface area contributed by atoms with E-state index in [4.69, 9.17) is 5.11 Å². The van der Waals surface area contributed by atoms with Crippen molar-refractivity contribution in [2.45, 2.75) is 48.8 Å². The summed E-state index contributed by atoms with van der Waals surface area (Å²) in [5.74, 6) is -0.942. The number of aromatic carboxylic acids is 1. The number of nitrogens with one attached hydrogen (secondary N) is 1. The van der Waals surface area contributed by atoms with Crippen molar-refractivity contribution in [3.8, 4) is 0 Å². The van der Waals surface area contributed by atoms with Gasteiger partial charge in [0.2, 0.25) is 0 Å². The fraction of sp³-hybridized carbons (Fsp3) is 0.400. The van der Waals surface area contributed by atoms with Gasteiger partial charge in [-0.05, 0) is 43.7 Å². The fourth-order valence-corrected chi connectivity index (χ4v) is 4.85. The Bertz CT molecular complexity index is 898. The monoisotopic (exact) mass is 415 g/mol. The van der Waals surface area contributed by atoms with Crippen molar-refractivity contribution < 1.29 is 14.7 Å². The molecule has 0 radical (unpaired) electrons. The molecule has 0 aromatic carbocycles. The van der Waals surface area contributed by atoms with Gasteiger partial charge in [0.15, 0.2) is 5.13 Å². The highest BCUT2D eigenvalue weighted by molar-refractivity contribution is 8.00. The summed E-state index contributed by atoms with van der Waals surface area (Å²) in [6.07, 6.45) is 12.1. The lowest BCUT2D eigenvalue weighted by Crippen LogP contribution is -2.14.